The van der Waals surface area contributed by atoms with Crippen LogP contribution in [0.2, 0.25) is 0 Å². The van der Waals surface area contributed by atoms with Gasteiger partial charge in [-0.3, -0.25) is 9.59 Å². The number of carbonyl (C=O) groups excluding carboxylic acids is 1. The first kappa shape index (κ1) is 24.1. The lowest BCUT2D eigenvalue weighted by Crippen LogP contribution is -2.35. The van der Waals surface area contributed by atoms with Crippen molar-refractivity contribution in [3.05, 3.63) is 88.7 Å². The lowest BCUT2D eigenvalue weighted by molar-refractivity contribution is -0.137. The van der Waals surface area contributed by atoms with Gasteiger partial charge in [-0.15, -0.1) is 11.3 Å². The highest BCUT2D eigenvalue weighted by atomic mass is 32.1. The van der Waals surface area contributed by atoms with Crippen molar-refractivity contribution in [2.24, 2.45) is 0 Å². The van der Waals surface area contributed by atoms with Crippen LogP contribution in [-0.4, -0.2) is 38.4 Å². The Morgan fingerprint density at radius 2 is 1.92 bits per heavy atom. The molecule has 0 spiro atoms. The number of thiazole rings is 1. The number of nitrogens with zero attached hydrogens (tertiary/aromatic N) is 3. The lowest BCUT2D eigenvalue weighted by atomic mass is 10.0. The van der Waals surface area contributed by atoms with Gasteiger partial charge in [0.25, 0.3) is 5.91 Å². The maximum atomic E-state index is 14.0. The number of oxazole rings is 1. The molecular weight excluding hydrogens is 508 g/mol. The molecule has 37 heavy (non-hydrogen) atoms. The van der Waals surface area contributed by atoms with E-state index in [1.54, 1.807) is 24.3 Å². The van der Waals surface area contributed by atoms with Gasteiger partial charge in [-0.1, -0.05) is 12.1 Å². The molecule has 188 valence electrons. The summed E-state index contributed by atoms with van der Waals surface area (Å²) in [6.07, 6.45) is 4.04. The van der Waals surface area contributed by atoms with Crippen LogP contribution in [0.3, 0.4) is 0 Å². The second kappa shape index (κ2) is 10.2. The molecule has 2 aromatic carbocycles. The standard InChI is InChI=1S/C25H17F2N3O6S/c26-18-9-17(24-16(23(18)27)5-7-35-24)14-1-3-15(4-2-14)36-12-21-29-19(13-37-21)25(33)30(11-22(31)32)10-20-28-6-8-34-20/h1-9,13H,10-12H2,(H,31,32). The first-order chi connectivity index (χ1) is 17.9. The summed E-state index contributed by atoms with van der Waals surface area (Å²) in [5, 5.41) is 11.2. The number of benzene rings is 2. The van der Waals surface area contributed by atoms with E-state index in [2.05, 4.69) is 9.97 Å². The number of aromatic nitrogens is 2. The fourth-order valence-corrected chi connectivity index (χ4v) is 4.34. The summed E-state index contributed by atoms with van der Waals surface area (Å²) < 4.78 is 44.2. The molecule has 0 aliphatic rings. The summed E-state index contributed by atoms with van der Waals surface area (Å²) in [5.41, 5.74) is 1.34. The number of hydrogen-bond acceptors (Lipinski definition) is 8. The third-order valence-corrected chi connectivity index (χ3v) is 6.17. The number of furan rings is 1. The molecule has 0 fully saturated rings. The van der Waals surface area contributed by atoms with Crippen molar-refractivity contribution in [3.63, 3.8) is 0 Å². The Labute approximate surface area is 211 Å². The van der Waals surface area contributed by atoms with Crippen LogP contribution in [0.25, 0.3) is 22.1 Å². The van der Waals surface area contributed by atoms with Crippen molar-refractivity contribution in [2.45, 2.75) is 13.2 Å². The molecular formula is C25H17F2N3O6S. The monoisotopic (exact) mass is 525 g/mol. The Morgan fingerprint density at radius 3 is 2.65 bits per heavy atom. The van der Waals surface area contributed by atoms with Gasteiger partial charge in [-0.25, -0.2) is 18.7 Å². The average molecular weight is 525 g/mol. The second-order valence-electron chi connectivity index (χ2n) is 7.80. The third-order valence-electron chi connectivity index (χ3n) is 5.35. The van der Waals surface area contributed by atoms with Crippen LogP contribution < -0.4 is 4.74 Å². The van der Waals surface area contributed by atoms with E-state index in [9.17, 15) is 18.4 Å². The number of amides is 1. The number of carboxylic acid groups (broad SMARTS) is 1. The summed E-state index contributed by atoms with van der Waals surface area (Å²) in [6.45, 7) is -0.598. The van der Waals surface area contributed by atoms with Crippen molar-refractivity contribution < 1.29 is 37.0 Å². The zero-order chi connectivity index (χ0) is 25.9. The number of rotatable bonds is 9. The fraction of sp³-hybridized carbons (Fsp3) is 0.120. The van der Waals surface area contributed by atoms with Gasteiger partial charge in [0.05, 0.1) is 24.4 Å². The van der Waals surface area contributed by atoms with E-state index in [1.807, 2.05) is 0 Å². The molecule has 5 rings (SSSR count). The molecule has 0 radical (unpaired) electrons. The largest absolute Gasteiger partial charge is 0.486 e. The van der Waals surface area contributed by atoms with Gasteiger partial charge >= 0.3 is 5.97 Å². The molecule has 3 aromatic heterocycles. The first-order valence-corrected chi connectivity index (χ1v) is 11.7. The molecule has 3 heterocycles. The summed E-state index contributed by atoms with van der Waals surface area (Å²) in [4.78, 5) is 33.3. The van der Waals surface area contributed by atoms with Crippen LogP contribution in [0.15, 0.2) is 69.3 Å². The minimum absolute atomic E-state index is 0.0591. The Morgan fingerprint density at radius 1 is 1.11 bits per heavy atom. The Hall–Kier alpha value is -4.58. The molecule has 5 aromatic rings. The van der Waals surface area contributed by atoms with Crippen LogP contribution in [0.4, 0.5) is 8.78 Å². The van der Waals surface area contributed by atoms with Crippen LogP contribution in [0, 0.1) is 11.6 Å². The molecule has 1 amide bonds. The minimum atomic E-state index is -1.18. The Kier molecular flexibility index (Phi) is 6.64. The molecule has 1 N–H and O–H groups in total. The van der Waals surface area contributed by atoms with Crippen LogP contribution in [-0.2, 0) is 17.9 Å². The predicted octanol–water partition coefficient (Wildman–Crippen LogP) is 5.13. The maximum absolute atomic E-state index is 14.0. The SMILES string of the molecule is O=C(O)CN(Cc1ncco1)C(=O)c1csc(COc2ccc(-c3cc(F)c(F)c4ccoc34)cc2)n1. The highest BCUT2D eigenvalue weighted by molar-refractivity contribution is 7.09. The zero-order valence-electron chi connectivity index (χ0n) is 18.9. The van der Waals surface area contributed by atoms with Gasteiger partial charge in [-0.2, -0.15) is 0 Å². The smallest absolute Gasteiger partial charge is 0.323 e. The molecule has 0 aliphatic carbocycles. The number of carboxylic acids is 1. The lowest BCUT2D eigenvalue weighted by Gasteiger charge is -2.17. The molecule has 12 heteroatoms. The maximum Gasteiger partial charge on any atom is 0.323 e. The molecule has 0 saturated carbocycles. The van der Waals surface area contributed by atoms with Crippen molar-refractivity contribution in [2.75, 3.05) is 6.54 Å². The summed E-state index contributed by atoms with van der Waals surface area (Å²) in [6, 6.07) is 9.16. The van der Waals surface area contributed by atoms with E-state index >= 15 is 0 Å². The summed E-state index contributed by atoms with van der Waals surface area (Å²) in [7, 11) is 0. The van der Waals surface area contributed by atoms with Crippen molar-refractivity contribution in [1.29, 1.82) is 0 Å². The van der Waals surface area contributed by atoms with Crippen molar-refractivity contribution >= 4 is 34.2 Å². The molecule has 0 atom stereocenters. The molecule has 0 unspecified atom stereocenters. The van der Waals surface area contributed by atoms with Gasteiger partial charge in [-0.05, 0) is 29.8 Å². The highest BCUT2D eigenvalue weighted by Crippen LogP contribution is 2.33. The molecule has 9 nitrogen and oxygen atoms in total. The zero-order valence-corrected chi connectivity index (χ0v) is 19.7. The number of halogens is 2. The van der Waals surface area contributed by atoms with Gasteiger partial charge in [0.1, 0.15) is 41.4 Å². The number of fused-ring (bicyclic) bond motifs is 1. The number of hydrogen-bond donors (Lipinski definition) is 1. The second-order valence-corrected chi connectivity index (χ2v) is 8.75. The summed E-state index contributed by atoms with van der Waals surface area (Å²) >= 11 is 1.19. The van der Waals surface area contributed by atoms with Gasteiger partial charge in [0.15, 0.2) is 11.6 Å². The van der Waals surface area contributed by atoms with Gasteiger partial charge < -0.3 is 23.6 Å². The number of carbonyl (C=O) groups is 2. The number of ether oxygens (including phenoxy) is 1. The summed E-state index contributed by atoms with van der Waals surface area (Å²) in [5.74, 6) is -3.01. The van der Waals surface area contributed by atoms with E-state index in [0.717, 1.165) is 11.0 Å². The van der Waals surface area contributed by atoms with Crippen LogP contribution >= 0.6 is 11.3 Å². The van der Waals surface area contributed by atoms with Gasteiger partial charge in [0, 0.05) is 10.9 Å². The van der Waals surface area contributed by atoms with Crippen molar-refractivity contribution in [3.8, 4) is 16.9 Å². The van der Waals surface area contributed by atoms with Gasteiger partial charge in [0.2, 0.25) is 5.89 Å². The van der Waals surface area contributed by atoms with E-state index in [0.29, 0.717) is 21.9 Å². The molecule has 0 aliphatic heterocycles. The van der Waals surface area contributed by atoms with Crippen LogP contribution in [0.1, 0.15) is 21.4 Å². The molecule has 0 saturated heterocycles. The average Bonchev–Trinajstić information content (AvgIpc) is 3.66. The Balaban J connectivity index is 1.25. The fourth-order valence-electron chi connectivity index (χ4n) is 3.66. The van der Waals surface area contributed by atoms with E-state index in [1.165, 1.54) is 41.5 Å². The van der Waals surface area contributed by atoms with E-state index in [4.69, 9.17) is 18.7 Å². The normalized spacial score (nSPS) is 11.1. The van der Waals surface area contributed by atoms with Crippen molar-refractivity contribution in [1.82, 2.24) is 14.9 Å². The Bertz CT molecular complexity index is 1560. The minimum Gasteiger partial charge on any atom is -0.486 e. The molecule has 0 bridgehead atoms. The number of aliphatic carboxylic acids is 1. The van der Waals surface area contributed by atoms with Crippen LogP contribution in [0.5, 0.6) is 5.75 Å². The van der Waals surface area contributed by atoms with E-state index < -0.39 is 30.1 Å². The first-order valence-electron chi connectivity index (χ1n) is 10.8. The predicted molar refractivity (Wildman–Crippen MR) is 127 cm³/mol. The quantitative estimate of drug-likeness (QED) is 0.281. The topological polar surface area (TPSA) is 119 Å². The van der Waals surface area contributed by atoms with E-state index in [-0.39, 0.29) is 35.7 Å². The highest BCUT2D eigenvalue weighted by Gasteiger charge is 2.23. The third kappa shape index (κ3) is 5.19.